The van der Waals surface area contributed by atoms with Gasteiger partial charge in [-0.1, -0.05) is 35.9 Å². The molecule has 7 heteroatoms. The zero-order chi connectivity index (χ0) is 22.8. The number of halogens is 4. The first-order valence-electron chi connectivity index (χ1n) is 10.1. The first-order chi connectivity index (χ1) is 15.4. The lowest BCUT2D eigenvalue weighted by Gasteiger charge is -2.10. The Balaban J connectivity index is 1.32. The van der Waals surface area contributed by atoms with Gasteiger partial charge in [-0.05, 0) is 79.2 Å². The van der Waals surface area contributed by atoms with E-state index >= 15 is 0 Å². The van der Waals surface area contributed by atoms with Gasteiger partial charge in [0.2, 0.25) is 0 Å². The summed E-state index contributed by atoms with van der Waals surface area (Å²) in [6.07, 6.45) is 0.577. The molecule has 0 atom stereocenters. The van der Waals surface area contributed by atoms with Crippen molar-refractivity contribution in [3.8, 4) is 17.2 Å². The van der Waals surface area contributed by atoms with E-state index in [1.807, 2.05) is 30.3 Å². The van der Waals surface area contributed by atoms with Crippen molar-refractivity contribution in [3.63, 3.8) is 0 Å². The third-order valence-electron chi connectivity index (χ3n) is 4.45. The second kappa shape index (κ2) is 11.6. The predicted octanol–water partition coefficient (Wildman–Crippen LogP) is 7.22. The van der Waals surface area contributed by atoms with Gasteiger partial charge in [-0.25, -0.2) is 0 Å². The Bertz CT molecular complexity index is 986. The second-order valence-corrected chi connectivity index (χ2v) is 7.39. The van der Waals surface area contributed by atoms with Gasteiger partial charge < -0.3 is 14.8 Å². The summed E-state index contributed by atoms with van der Waals surface area (Å²) in [5.74, 6) is 1.56. The minimum atomic E-state index is -4.36. The summed E-state index contributed by atoms with van der Waals surface area (Å²) < 4.78 is 49.1. The second-order valence-electron chi connectivity index (χ2n) is 6.96. The molecule has 0 unspecified atom stereocenters. The lowest BCUT2D eigenvalue weighted by atomic mass is 10.2. The monoisotopic (exact) mass is 461 g/mol. The molecule has 1 N–H and O–H groups in total. The molecular formula is C25H23ClF3NO2. The minimum absolute atomic E-state index is 0.336. The molecule has 0 saturated carbocycles. The number of nitrogens with one attached hydrogen (secondary N) is 1. The van der Waals surface area contributed by atoms with Crippen LogP contribution in [-0.4, -0.2) is 19.7 Å². The highest BCUT2D eigenvalue weighted by molar-refractivity contribution is 6.30. The zero-order valence-corrected chi connectivity index (χ0v) is 18.0. The number of rotatable bonds is 10. The van der Waals surface area contributed by atoms with Crippen LogP contribution in [0.1, 0.15) is 17.5 Å². The molecule has 32 heavy (non-hydrogen) atoms. The Morgan fingerprint density at radius 1 is 0.812 bits per heavy atom. The van der Waals surface area contributed by atoms with E-state index in [9.17, 15) is 13.2 Å². The number of benzene rings is 3. The summed E-state index contributed by atoms with van der Waals surface area (Å²) in [5.41, 5.74) is 0.394. The molecular weight excluding hydrogens is 439 g/mol. The molecule has 0 aliphatic heterocycles. The summed E-state index contributed by atoms with van der Waals surface area (Å²) >= 11 is 5.86. The van der Waals surface area contributed by atoms with Crippen LogP contribution >= 0.6 is 11.6 Å². The van der Waals surface area contributed by atoms with Crippen molar-refractivity contribution < 1.29 is 22.6 Å². The molecule has 3 aromatic rings. The molecule has 0 heterocycles. The Morgan fingerprint density at radius 2 is 1.41 bits per heavy atom. The van der Waals surface area contributed by atoms with Gasteiger partial charge in [0.1, 0.15) is 17.2 Å². The van der Waals surface area contributed by atoms with Crippen LogP contribution < -0.4 is 14.8 Å². The summed E-state index contributed by atoms with van der Waals surface area (Å²) in [7, 11) is 0. The molecule has 3 aromatic carbocycles. The number of hydrogen-bond donors (Lipinski definition) is 1. The zero-order valence-electron chi connectivity index (χ0n) is 17.2. The summed E-state index contributed by atoms with van der Waals surface area (Å²) in [6, 6.07) is 19.2. The van der Waals surface area contributed by atoms with Crippen LogP contribution in [0.5, 0.6) is 17.2 Å². The molecule has 0 bridgehead atoms. The van der Waals surface area contributed by atoms with E-state index in [1.165, 1.54) is 12.1 Å². The third-order valence-corrected chi connectivity index (χ3v) is 4.70. The molecule has 0 spiro atoms. The van der Waals surface area contributed by atoms with E-state index in [1.54, 1.807) is 24.3 Å². The molecule has 0 fully saturated rings. The highest BCUT2D eigenvalue weighted by atomic mass is 35.5. The third kappa shape index (κ3) is 7.94. The summed E-state index contributed by atoms with van der Waals surface area (Å²) in [6.45, 7) is 2.14. The highest BCUT2D eigenvalue weighted by Gasteiger charge is 2.30. The van der Waals surface area contributed by atoms with Gasteiger partial charge in [0.15, 0.2) is 0 Å². The number of ether oxygens (including phenoxy) is 2. The average molecular weight is 462 g/mol. The molecule has 3 nitrogen and oxygen atoms in total. The van der Waals surface area contributed by atoms with Gasteiger partial charge in [-0.15, -0.1) is 0 Å². The summed E-state index contributed by atoms with van der Waals surface area (Å²) in [5, 5.41) is 4.04. The molecule has 3 rings (SSSR count). The van der Waals surface area contributed by atoms with Crippen molar-refractivity contribution >= 4 is 17.7 Å². The molecule has 0 saturated heterocycles. The maximum atomic E-state index is 12.6. The fourth-order valence-corrected chi connectivity index (χ4v) is 2.92. The molecule has 168 valence electrons. The maximum absolute atomic E-state index is 12.6. The minimum Gasteiger partial charge on any atom is -0.494 e. The fourth-order valence-electron chi connectivity index (χ4n) is 2.79. The lowest BCUT2D eigenvalue weighted by molar-refractivity contribution is -0.137. The van der Waals surface area contributed by atoms with Gasteiger partial charge >= 0.3 is 6.18 Å². The Hall–Kier alpha value is -2.96. The van der Waals surface area contributed by atoms with Crippen LogP contribution in [-0.2, 0) is 6.18 Å². The topological polar surface area (TPSA) is 30.5 Å². The van der Waals surface area contributed by atoms with Crippen LogP contribution in [0, 0.1) is 0 Å². The number of alkyl halides is 3. The van der Waals surface area contributed by atoms with E-state index < -0.39 is 11.7 Å². The smallest absolute Gasteiger partial charge is 0.416 e. The molecule has 0 aromatic heterocycles. The first kappa shape index (κ1) is 23.7. The van der Waals surface area contributed by atoms with Crippen molar-refractivity contribution in [1.82, 2.24) is 5.32 Å². The van der Waals surface area contributed by atoms with E-state index in [4.69, 9.17) is 21.1 Å². The molecule has 0 amide bonds. The molecule has 0 radical (unpaired) electrons. The molecule has 0 aliphatic rings. The van der Waals surface area contributed by atoms with Crippen LogP contribution in [0.15, 0.2) is 78.9 Å². The van der Waals surface area contributed by atoms with Crippen molar-refractivity contribution in [3.05, 3.63) is 95.0 Å². The quantitative estimate of drug-likeness (QED) is 0.323. The van der Waals surface area contributed by atoms with Gasteiger partial charge in [-0.2, -0.15) is 13.2 Å². The first-order valence-corrected chi connectivity index (χ1v) is 10.5. The number of hydrogen-bond acceptors (Lipinski definition) is 3. The van der Waals surface area contributed by atoms with Crippen LogP contribution in [0.25, 0.3) is 6.08 Å². The Labute approximate surface area is 190 Å². The molecule has 0 aliphatic carbocycles. The van der Waals surface area contributed by atoms with Crippen molar-refractivity contribution in [2.24, 2.45) is 0 Å². The van der Waals surface area contributed by atoms with Crippen molar-refractivity contribution in [1.29, 1.82) is 0 Å². The predicted molar refractivity (Wildman–Crippen MR) is 121 cm³/mol. The normalized spacial score (nSPS) is 11.6. The van der Waals surface area contributed by atoms with E-state index in [-0.39, 0.29) is 0 Å². The van der Waals surface area contributed by atoms with Gasteiger partial charge in [0.05, 0.1) is 12.2 Å². The maximum Gasteiger partial charge on any atom is 0.416 e. The Kier molecular flexibility index (Phi) is 8.59. The average Bonchev–Trinajstić information content (AvgIpc) is 2.78. The van der Waals surface area contributed by atoms with E-state index in [0.29, 0.717) is 23.9 Å². The largest absolute Gasteiger partial charge is 0.494 e. The van der Waals surface area contributed by atoms with Crippen molar-refractivity contribution in [2.75, 3.05) is 19.7 Å². The van der Waals surface area contributed by atoms with Crippen molar-refractivity contribution in [2.45, 2.75) is 12.6 Å². The van der Waals surface area contributed by atoms with Gasteiger partial charge in [0, 0.05) is 11.6 Å². The fraction of sp³-hybridized carbons (Fsp3) is 0.200. The summed E-state index contributed by atoms with van der Waals surface area (Å²) in [4.78, 5) is 0. The SMILES string of the molecule is FC(F)(F)c1ccc(Oc2ccc(OCCCNC/C=C/c3ccc(Cl)cc3)cc2)cc1. The highest BCUT2D eigenvalue weighted by Crippen LogP contribution is 2.31. The standard InChI is InChI=1S/C25H23ClF3NO2/c26-21-8-4-19(5-9-21)3-1-16-30-17-2-18-31-22-12-14-24(15-13-22)32-23-10-6-20(7-11-23)25(27,28)29/h1,3-15,30H,2,16-18H2/b3-1+. The Morgan fingerprint density at radius 3 is 2.03 bits per heavy atom. The van der Waals surface area contributed by atoms with E-state index in [2.05, 4.69) is 11.4 Å². The van der Waals surface area contributed by atoms with Crippen LogP contribution in [0.2, 0.25) is 5.02 Å². The lowest BCUT2D eigenvalue weighted by Crippen LogP contribution is -2.17. The van der Waals surface area contributed by atoms with Gasteiger partial charge in [0.25, 0.3) is 0 Å². The van der Waals surface area contributed by atoms with Crippen LogP contribution in [0.3, 0.4) is 0 Å². The van der Waals surface area contributed by atoms with E-state index in [0.717, 1.165) is 42.2 Å². The van der Waals surface area contributed by atoms with Crippen LogP contribution in [0.4, 0.5) is 13.2 Å². The van der Waals surface area contributed by atoms with Gasteiger partial charge in [-0.3, -0.25) is 0 Å².